The van der Waals surface area contributed by atoms with Crippen molar-refractivity contribution in [3.05, 3.63) is 58.7 Å². The van der Waals surface area contributed by atoms with Gasteiger partial charge in [-0.05, 0) is 43.7 Å². The molecule has 1 amide bonds. The van der Waals surface area contributed by atoms with Crippen molar-refractivity contribution in [1.82, 2.24) is 10.4 Å². The van der Waals surface area contributed by atoms with E-state index in [4.69, 9.17) is 0 Å². The summed E-state index contributed by atoms with van der Waals surface area (Å²) in [6.07, 6.45) is 1.71. The number of hydrazone groups is 1. The number of nitrogens with zero attached hydrogens (tertiary/aromatic N) is 2. The third kappa shape index (κ3) is 4.96. The van der Waals surface area contributed by atoms with Crippen molar-refractivity contribution in [2.24, 2.45) is 5.10 Å². The van der Waals surface area contributed by atoms with Crippen LogP contribution in [0.25, 0.3) is 0 Å². The van der Waals surface area contributed by atoms with Gasteiger partial charge in [-0.15, -0.1) is 0 Å². The zero-order valence-electron chi connectivity index (χ0n) is 12.3. The molecule has 114 valence electrons. The van der Waals surface area contributed by atoms with Gasteiger partial charge in [0.15, 0.2) is 0 Å². The fourth-order valence-electron chi connectivity index (χ4n) is 1.66. The molecular weight excluding hydrogens is 362 g/mol. The summed E-state index contributed by atoms with van der Waals surface area (Å²) < 4.78 is 0.977. The second-order valence-electron chi connectivity index (χ2n) is 4.61. The van der Waals surface area contributed by atoms with Gasteiger partial charge in [-0.25, -0.2) is 10.4 Å². The van der Waals surface area contributed by atoms with Gasteiger partial charge < -0.3 is 0 Å². The molecule has 1 atom stereocenters. The smallest absolute Gasteiger partial charge is 0.253 e. The van der Waals surface area contributed by atoms with Crippen LogP contribution in [0.3, 0.4) is 0 Å². The lowest BCUT2D eigenvalue weighted by Gasteiger charge is -2.09. The van der Waals surface area contributed by atoms with Gasteiger partial charge in [-0.1, -0.05) is 45.9 Å². The van der Waals surface area contributed by atoms with Gasteiger partial charge >= 0.3 is 0 Å². The number of aromatic nitrogens is 1. The Balaban J connectivity index is 1.95. The van der Waals surface area contributed by atoms with Gasteiger partial charge in [0.25, 0.3) is 5.91 Å². The van der Waals surface area contributed by atoms with E-state index in [0.717, 1.165) is 20.8 Å². The maximum Gasteiger partial charge on any atom is 0.253 e. The molecule has 6 heteroatoms. The molecule has 0 saturated carbocycles. The third-order valence-electron chi connectivity index (χ3n) is 2.88. The molecule has 0 aliphatic heterocycles. The number of carbonyl (C=O) groups is 1. The van der Waals surface area contributed by atoms with Gasteiger partial charge in [-0.2, -0.15) is 5.10 Å². The molecule has 22 heavy (non-hydrogen) atoms. The second-order valence-corrected chi connectivity index (χ2v) is 6.89. The summed E-state index contributed by atoms with van der Waals surface area (Å²) in [6.45, 7) is 3.69. The van der Waals surface area contributed by atoms with E-state index in [1.807, 2.05) is 56.3 Å². The molecule has 2 aromatic rings. The summed E-state index contributed by atoms with van der Waals surface area (Å²) in [7, 11) is 0. The largest absolute Gasteiger partial charge is 0.272 e. The van der Waals surface area contributed by atoms with Crippen LogP contribution in [0.2, 0.25) is 0 Å². The molecule has 2 rings (SSSR count). The number of carbonyl (C=O) groups excluding carboxylic acids is 1. The Morgan fingerprint density at radius 2 is 2.14 bits per heavy atom. The molecule has 0 aliphatic rings. The summed E-state index contributed by atoms with van der Waals surface area (Å²) in [5.41, 5.74) is 4.32. The number of hydrogen-bond acceptors (Lipinski definition) is 4. The van der Waals surface area contributed by atoms with Crippen molar-refractivity contribution in [1.29, 1.82) is 0 Å². The number of halogens is 1. The first-order chi connectivity index (χ1) is 10.6. The number of benzene rings is 1. The first-order valence-corrected chi connectivity index (χ1v) is 8.41. The molecule has 1 heterocycles. The summed E-state index contributed by atoms with van der Waals surface area (Å²) in [5, 5.41) is 4.71. The second kappa shape index (κ2) is 8.10. The topological polar surface area (TPSA) is 54.4 Å². The lowest BCUT2D eigenvalue weighted by Crippen LogP contribution is -2.27. The Bertz CT molecular complexity index is 676. The molecule has 1 aromatic carbocycles. The maximum atomic E-state index is 12.1. The summed E-state index contributed by atoms with van der Waals surface area (Å²) in [5.74, 6) is -0.148. The zero-order chi connectivity index (χ0) is 15.9. The number of nitrogens with one attached hydrogen (secondary N) is 1. The van der Waals surface area contributed by atoms with E-state index in [2.05, 4.69) is 31.4 Å². The molecule has 0 radical (unpaired) electrons. The highest BCUT2D eigenvalue weighted by Crippen LogP contribution is 2.20. The Morgan fingerprint density at radius 1 is 1.32 bits per heavy atom. The van der Waals surface area contributed by atoms with Crippen LogP contribution in [0.1, 0.15) is 19.4 Å². The van der Waals surface area contributed by atoms with Crippen LogP contribution >= 0.6 is 27.7 Å². The summed E-state index contributed by atoms with van der Waals surface area (Å²) >= 11 is 4.82. The van der Waals surface area contributed by atoms with Crippen LogP contribution in [-0.4, -0.2) is 21.9 Å². The Kier molecular flexibility index (Phi) is 6.15. The Hall–Kier alpha value is -1.66. The molecule has 1 N–H and O–H groups in total. The minimum absolute atomic E-state index is 0.148. The molecule has 0 spiro atoms. The standard InChI is InChI=1S/C16H16BrN3OS/c1-11(13-6-5-7-14(17)10-13)19-20-16(21)12(2)22-15-8-3-4-9-18-15/h3-10,12H,1-2H3,(H,20,21). The zero-order valence-corrected chi connectivity index (χ0v) is 14.7. The normalized spacial score (nSPS) is 12.8. The average Bonchev–Trinajstić information content (AvgIpc) is 2.53. The van der Waals surface area contributed by atoms with Crippen LogP contribution in [-0.2, 0) is 4.79 Å². The van der Waals surface area contributed by atoms with Crippen molar-refractivity contribution >= 4 is 39.3 Å². The molecule has 0 saturated heterocycles. The first kappa shape index (κ1) is 16.7. The molecule has 1 unspecified atom stereocenters. The average molecular weight is 378 g/mol. The van der Waals surface area contributed by atoms with E-state index in [-0.39, 0.29) is 11.2 Å². The van der Waals surface area contributed by atoms with E-state index in [0.29, 0.717) is 0 Å². The van der Waals surface area contributed by atoms with Crippen LogP contribution < -0.4 is 5.43 Å². The summed E-state index contributed by atoms with van der Waals surface area (Å²) in [4.78, 5) is 16.3. The van der Waals surface area contributed by atoms with Crippen LogP contribution in [0.5, 0.6) is 0 Å². The number of thioether (sulfide) groups is 1. The first-order valence-electron chi connectivity index (χ1n) is 6.74. The van der Waals surface area contributed by atoms with E-state index in [1.165, 1.54) is 11.8 Å². The number of rotatable bonds is 5. The highest BCUT2D eigenvalue weighted by Gasteiger charge is 2.14. The van der Waals surface area contributed by atoms with Crippen LogP contribution in [0, 0.1) is 0 Å². The Labute approximate surface area is 142 Å². The molecule has 0 fully saturated rings. The maximum absolute atomic E-state index is 12.1. The fraction of sp³-hybridized carbons (Fsp3) is 0.188. The van der Waals surface area contributed by atoms with Gasteiger partial charge in [0, 0.05) is 10.7 Å². The van der Waals surface area contributed by atoms with Crippen molar-refractivity contribution in [2.75, 3.05) is 0 Å². The van der Waals surface area contributed by atoms with Crippen molar-refractivity contribution in [2.45, 2.75) is 24.1 Å². The molecular formula is C16H16BrN3OS. The summed E-state index contributed by atoms with van der Waals surface area (Å²) in [6, 6.07) is 13.4. The molecule has 1 aromatic heterocycles. The quantitative estimate of drug-likeness (QED) is 0.488. The van der Waals surface area contributed by atoms with Crippen molar-refractivity contribution < 1.29 is 4.79 Å². The van der Waals surface area contributed by atoms with Crippen LogP contribution in [0.15, 0.2) is 63.3 Å². The predicted molar refractivity (Wildman–Crippen MR) is 94.1 cm³/mol. The van der Waals surface area contributed by atoms with Crippen LogP contribution in [0.4, 0.5) is 0 Å². The molecule has 4 nitrogen and oxygen atoms in total. The molecule has 0 aliphatic carbocycles. The van der Waals surface area contributed by atoms with Crippen molar-refractivity contribution in [3.8, 4) is 0 Å². The minimum Gasteiger partial charge on any atom is -0.272 e. The minimum atomic E-state index is -0.269. The molecule has 0 bridgehead atoms. The number of amides is 1. The number of pyridine rings is 1. The van der Waals surface area contributed by atoms with Crippen molar-refractivity contribution in [3.63, 3.8) is 0 Å². The SMILES string of the molecule is CC(=NNC(=O)C(C)Sc1ccccn1)c1cccc(Br)c1. The Morgan fingerprint density at radius 3 is 2.82 bits per heavy atom. The van der Waals surface area contributed by atoms with E-state index >= 15 is 0 Å². The monoisotopic (exact) mass is 377 g/mol. The van der Waals surface area contributed by atoms with E-state index in [9.17, 15) is 4.79 Å². The number of hydrogen-bond donors (Lipinski definition) is 1. The fourth-order valence-corrected chi connectivity index (χ4v) is 2.86. The van der Waals surface area contributed by atoms with Gasteiger partial charge in [0.2, 0.25) is 0 Å². The highest BCUT2D eigenvalue weighted by molar-refractivity contribution is 9.10. The lowest BCUT2D eigenvalue weighted by atomic mass is 10.1. The van der Waals surface area contributed by atoms with E-state index in [1.54, 1.807) is 6.20 Å². The van der Waals surface area contributed by atoms with E-state index < -0.39 is 0 Å². The predicted octanol–water partition coefficient (Wildman–Crippen LogP) is 3.87. The third-order valence-corrected chi connectivity index (χ3v) is 4.42. The van der Waals surface area contributed by atoms with Gasteiger partial charge in [0.05, 0.1) is 16.0 Å². The highest BCUT2D eigenvalue weighted by atomic mass is 79.9. The lowest BCUT2D eigenvalue weighted by molar-refractivity contribution is -0.120. The van der Waals surface area contributed by atoms with Gasteiger partial charge in [-0.3, -0.25) is 4.79 Å². The van der Waals surface area contributed by atoms with Gasteiger partial charge in [0.1, 0.15) is 0 Å².